The third kappa shape index (κ3) is 3.92. The molecule has 0 aromatic rings. The minimum absolute atomic E-state index is 0.195. The van der Waals surface area contributed by atoms with Crippen LogP contribution >= 0.6 is 0 Å². The highest BCUT2D eigenvalue weighted by Crippen LogP contribution is 2.30. The van der Waals surface area contributed by atoms with E-state index < -0.39 is 0 Å². The summed E-state index contributed by atoms with van der Waals surface area (Å²) in [7, 11) is 0. The molecule has 0 fully saturated rings. The molecule has 1 unspecified atom stereocenters. The molecule has 0 saturated carbocycles. The maximum atomic E-state index is 11.9. The van der Waals surface area contributed by atoms with Gasteiger partial charge in [0, 0.05) is 11.8 Å². The van der Waals surface area contributed by atoms with Gasteiger partial charge in [-0.25, -0.2) is 0 Å². The molecule has 2 aliphatic rings. The van der Waals surface area contributed by atoms with Crippen LogP contribution in [0.4, 0.5) is 0 Å². The lowest BCUT2D eigenvalue weighted by Gasteiger charge is -2.22. The van der Waals surface area contributed by atoms with Crippen LogP contribution in [-0.2, 0) is 4.79 Å². The second-order valence-electron chi connectivity index (χ2n) is 6.35. The van der Waals surface area contributed by atoms with Crippen molar-refractivity contribution in [3.05, 3.63) is 34.9 Å². The van der Waals surface area contributed by atoms with Gasteiger partial charge >= 0.3 is 0 Å². The number of hydrogen-bond acceptors (Lipinski definition) is 1. The molecule has 0 N–H and O–H groups in total. The maximum absolute atomic E-state index is 11.9. The Bertz CT molecular complexity index is 435. The number of Topliss-reactive ketones (excluding diaryl/α,β-unsaturated/α-hetero) is 1. The Labute approximate surface area is 117 Å². The van der Waals surface area contributed by atoms with Crippen molar-refractivity contribution in [3.8, 4) is 0 Å². The molecular weight excluding hydrogens is 232 g/mol. The Hall–Kier alpha value is -1.11. The third-order valence-corrected chi connectivity index (χ3v) is 4.27. The fourth-order valence-corrected chi connectivity index (χ4v) is 3.08. The van der Waals surface area contributed by atoms with E-state index in [0.29, 0.717) is 11.7 Å². The molecule has 2 rings (SSSR count). The number of hydrogen-bond donors (Lipinski definition) is 0. The lowest BCUT2D eigenvalue weighted by molar-refractivity contribution is -0.126. The Morgan fingerprint density at radius 1 is 1.32 bits per heavy atom. The van der Waals surface area contributed by atoms with E-state index in [4.69, 9.17) is 0 Å². The highest BCUT2D eigenvalue weighted by molar-refractivity contribution is 5.83. The summed E-state index contributed by atoms with van der Waals surface area (Å²) in [5, 5.41) is 0. The van der Waals surface area contributed by atoms with E-state index in [1.807, 2.05) is 13.8 Å². The van der Waals surface area contributed by atoms with Gasteiger partial charge < -0.3 is 0 Å². The van der Waals surface area contributed by atoms with E-state index in [-0.39, 0.29) is 5.92 Å². The van der Waals surface area contributed by atoms with Gasteiger partial charge in [0.05, 0.1) is 0 Å². The molecule has 0 aromatic heterocycles. The Kier molecular flexibility index (Phi) is 4.79. The molecule has 2 aliphatic carbocycles. The minimum Gasteiger partial charge on any atom is -0.299 e. The monoisotopic (exact) mass is 258 g/mol. The third-order valence-electron chi connectivity index (χ3n) is 4.27. The highest BCUT2D eigenvalue weighted by atomic mass is 16.1. The van der Waals surface area contributed by atoms with Gasteiger partial charge in [-0.1, -0.05) is 43.2 Å². The number of ketones is 1. The normalized spacial score (nSPS) is 22.5. The van der Waals surface area contributed by atoms with E-state index in [2.05, 4.69) is 25.2 Å². The lowest BCUT2D eigenvalue weighted by Crippen LogP contribution is -2.21. The van der Waals surface area contributed by atoms with Crippen molar-refractivity contribution >= 4 is 5.78 Å². The van der Waals surface area contributed by atoms with Gasteiger partial charge in [-0.3, -0.25) is 4.79 Å². The van der Waals surface area contributed by atoms with Crippen LogP contribution in [-0.4, -0.2) is 5.78 Å². The summed E-state index contributed by atoms with van der Waals surface area (Å²) in [6.45, 7) is 6.19. The summed E-state index contributed by atoms with van der Waals surface area (Å²) in [6.07, 6.45) is 13.8. The smallest absolute Gasteiger partial charge is 0.138 e. The first-order chi connectivity index (χ1) is 9.06. The van der Waals surface area contributed by atoms with Crippen LogP contribution in [0.25, 0.3) is 0 Å². The van der Waals surface area contributed by atoms with Gasteiger partial charge in [0.2, 0.25) is 0 Å². The molecule has 104 valence electrons. The molecule has 1 atom stereocenters. The van der Waals surface area contributed by atoms with Crippen LogP contribution in [0.5, 0.6) is 0 Å². The number of rotatable bonds is 6. The summed E-state index contributed by atoms with van der Waals surface area (Å²) in [4.78, 5) is 11.9. The van der Waals surface area contributed by atoms with Gasteiger partial charge in [0.25, 0.3) is 0 Å². The molecule has 1 heteroatoms. The largest absolute Gasteiger partial charge is 0.299 e. The average Bonchev–Trinajstić information content (AvgIpc) is 2.36. The summed E-state index contributed by atoms with van der Waals surface area (Å²) >= 11 is 0. The molecule has 0 radical (unpaired) electrons. The molecule has 1 nitrogen and oxygen atoms in total. The van der Waals surface area contributed by atoms with Crippen molar-refractivity contribution in [3.63, 3.8) is 0 Å². The molecule has 19 heavy (non-hydrogen) atoms. The van der Waals surface area contributed by atoms with Gasteiger partial charge in [0.15, 0.2) is 0 Å². The second kappa shape index (κ2) is 6.36. The lowest BCUT2D eigenvalue weighted by atomic mass is 9.82. The number of carbonyl (C=O) groups is 1. The molecule has 0 aliphatic heterocycles. The molecule has 0 heterocycles. The first kappa shape index (κ1) is 14.3. The maximum Gasteiger partial charge on any atom is 0.138 e. The zero-order chi connectivity index (χ0) is 13.8. The molecule has 0 amide bonds. The Morgan fingerprint density at radius 3 is 2.58 bits per heavy atom. The predicted molar refractivity (Wildman–Crippen MR) is 81.0 cm³/mol. The van der Waals surface area contributed by atoms with Crippen molar-refractivity contribution in [1.82, 2.24) is 0 Å². The molecule has 0 spiro atoms. The zero-order valence-corrected chi connectivity index (χ0v) is 12.5. The summed E-state index contributed by atoms with van der Waals surface area (Å²) in [6, 6.07) is 0. The summed E-state index contributed by atoms with van der Waals surface area (Å²) in [5.41, 5.74) is 4.48. The SMILES string of the molecule is CC1=CC(CCCC2=CCC(C(=O)C(C)C)CC2)=C1. The van der Waals surface area contributed by atoms with Crippen LogP contribution < -0.4 is 0 Å². The van der Waals surface area contributed by atoms with Crippen molar-refractivity contribution < 1.29 is 4.79 Å². The van der Waals surface area contributed by atoms with Gasteiger partial charge in [-0.15, -0.1) is 0 Å². The van der Waals surface area contributed by atoms with Crippen molar-refractivity contribution in [2.24, 2.45) is 11.8 Å². The fourth-order valence-electron chi connectivity index (χ4n) is 3.08. The Morgan fingerprint density at radius 2 is 2.05 bits per heavy atom. The van der Waals surface area contributed by atoms with Gasteiger partial charge in [-0.05, 0) is 51.0 Å². The second-order valence-corrected chi connectivity index (χ2v) is 6.35. The van der Waals surface area contributed by atoms with Crippen molar-refractivity contribution in [1.29, 1.82) is 0 Å². The van der Waals surface area contributed by atoms with Crippen molar-refractivity contribution in [2.75, 3.05) is 0 Å². The average molecular weight is 258 g/mol. The predicted octanol–water partition coefficient (Wildman–Crippen LogP) is 4.99. The summed E-state index contributed by atoms with van der Waals surface area (Å²) in [5.74, 6) is 0.944. The van der Waals surface area contributed by atoms with Crippen LogP contribution in [0.15, 0.2) is 34.9 Å². The number of allylic oxidation sites excluding steroid dienone is 6. The van der Waals surface area contributed by atoms with Crippen LogP contribution in [0.1, 0.15) is 59.3 Å². The zero-order valence-electron chi connectivity index (χ0n) is 12.5. The molecule has 0 aromatic carbocycles. The first-order valence-electron chi connectivity index (χ1n) is 7.66. The van der Waals surface area contributed by atoms with Crippen LogP contribution in [0.2, 0.25) is 0 Å². The first-order valence-corrected chi connectivity index (χ1v) is 7.66. The van der Waals surface area contributed by atoms with Gasteiger partial charge in [0.1, 0.15) is 5.78 Å². The van der Waals surface area contributed by atoms with E-state index in [9.17, 15) is 4.79 Å². The van der Waals surface area contributed by atoms with Gasteiger partial charge in [-0.2, -0.15) is 0 Å². The molecule has 0 saturated heterocycles. The quantitative estimate of drug-likeness (QED) is 0.613. The Balaban J connectivity index is 1.69. The van der Waals surface area contributed by atoms with Crippen LogP contribution in [0.3, 0.4) is 0 Å². The van der Waals surface area contributed by atoms with Crippen molar-refractivity contribution in [2.45, 2.75) is 59.3 Å². The standard InChI is InChI=1S/C18H26O/c1-13(2)18(19)17-9-7-15(8-10-17)5-4-6-16-11-14(3)12-16/h7,11-13,17H,4-6,8-10H2,1-3H3. The van der Waals surface area contributed by atoms with E-state index >= 15 is 0 Å². The van der Waals surface area contributed by atoms with E-state index in [0.717, 1.165) is 19.3 Å². The van der Waals surface area contributed by atoms with Crippen LogP contribution in [0, 0.1) is 11.8 Å². The minimum atomic E-state index is 0.195. The molecule has 0 bridgehead atoms. The number of carbonyl (C=O) groups excluding carboxylic acids is 1. The summed E-state index contributed by atoms with van der Waals surface area (Å²) < 4.78 is 0. The highest BCUT2D eigenvalue weighted by Gasteiger charge is 2.23. The fraction of sp³-hybridized carbons (Fsp3) is 0.611. The van der Waals surface area contributed by atoms with E-state index in [1.165, 1.54) is 30.4 Å². The topological polar surface area (TPSA) is 17.1 Å². The van der Waals surface area contributed by atoms with E-state index in [1.54, 1.807) is 5.57 Å². The molecular formula is C18H26O.